The van der Waals surface area contributed by atoms with E-state index in [0.717, 1.165) is 0 Å². The third-order valence-corrected chi connectivity index (χ3v) is 4.30. The second-order valence-corrected chi connectivity index (χ2v) is 5.58. The van der Waals surface area contributed by atoms with Crippen molar-refractivity contribution in [1.82, 2.24) is 0 Å². The van der Waals surface area contributed by atoms with E-state index in [2.05, 4.69) is 10.5 Å². The van der Waals surface area contributed by atoms with Gasteiger partial charge in [0, 0.05) is 18.9 Å². The highest BCUT2D eigenvalue weighted by Crippen LogP contribution is 2.33. The predicted molar refractivity (Wildman–Crippen MR) is 81.0 cm³/mol. The minimum Gasteiger partial charge on any atom is -0.409 e. The number of nitrogens with one attached hydrogen (secondary N) is 1. The summed E-state index contributed by atoms with van der Waals surface area (Å²) < 4.78 is 5.24. The number of hydrogen-bond acceptors (Lipinski definition) is 4. The first-order chi connectivity index (χ1) is 9.99. The zero-order chi connectivity index (χ0) is 15.5. The van der Waals surface area contributed by atoms with Gasteiger partial charge in [0.05, 0.1) is 10.0 Å². The van der Waals surface area contributed by atoms with Crippen LogP contribution in [-0.4, -0.2) is 30.2 Å². The lowest BCUT2D eigenvalue weighted by atomic mass is 9.78. The van der Waals surface area contributed by atoms with Crippen molar-refractivity contribution in [3.63, 3.8) is 0 Å². The molecule has 0 unspecified atom stereocenters. The zero-order valence-corrected chi connectivity index (χ0v) is 12.6. The minimum absolute atomic E-state index is 0.122. The fraction of sp³-hybridized carbons (Fsp3) is 0.385. The molecule has 2 rings (SSSR count). The van der Waals surface area contributed by atoms with Crippen LogP contribution in [-0.2, 0) is 9.53 Å². The molecule has 0 spiro atoms. The Morgan fingerprint density at radius 3 is 2.57 bits per heavy atom. The normalized spacial score (nSPS) is 18.3. The molecule has 1 fully saturated rings. The fourth-order valence-electron chi connectivity index (χ4n) is 2.24. The molecule has 1 aliphatic rings. The van der Waals surface area contributed by atoms with Crippen molar-refractivity contribution in [2.75, 3.05) is 18.5 Å². The summed E-state index contributed by atoms with van der Waals surface area (Å²) in [5, 5.41) is 15.4. The highest BCUT2D eigenvalue weighted by Gasteiger charge is 2.44. The Labute approximate surface area is 131 Å². The number of carbonyl (C=O) groups is 1. The molecule has 0 saturated carbocycles. The molecule has 21 heavy (non-hydrogen) atoms. The lowest BCUT2D eigenvalue weighted by Crippen LogP contribution is -2.50. The van der Waals surface area contributed by atoms with Crippen LogP contribution in [0.5, 0.6) is 0 Å². The third kappa shape index (κ3) is 3.23. The topological polar surface area (TPSA) is 96.9 Å². The maximum atomic E-state index is 12.6. The number of halogens is 2. The molecular weight excluding hydrogens is 317 g/mol. The molecule has 1 aromatic rings. The van der Waals surface area contributed by atoms with E-state index in [0.29, 0.717) is 41.8 Å². The number of hydrogen-bond donors (Lipinski definition) is 3. The molecule has 0 radical (unpaired) electrons. The molecule has 1 aliphatic heterocycles. The summed E-state index contributed by atoms with van der Waals surface area (Å²) in [6.45, 7) is 0.732. The van der Waals surface area contributed by atoms with Gasteiger partial charge in [-0.15, -0.1) is 0 Å². The highest BCUT2D eigenvalue weighted by molar-refractivity contribution is 6.42. The predicted octanol–water partition coefficient (Wildman–Crippen LogP) is 2.48. The Morgan fingerprint density at radius 2 is 2.00 bits per heavy atom. The number of amides is 1. The maximum Gasteiger partial charge on any atom is 0.238 e. The van der Waals surface area contributed by atoms with Crippen molar-refractivity contribution in [1.29, 1.82) is 0 Å². The van der Waals surface area contributed by atoms with Crippen molar-refractivity contribution < 1.29 is 14.7 Å². The van der Waals surface area contributed by atoms with Crippen LogP contribution in [0, 0.1) is 5.41 Å². The largest absolute Gasteiger partial charge is 0.409 e. The second-order valence-electron chi connectivity index (χ2n) is 4.76. The maximum absolute atomic E-state index is 12.6. The number of nitrogens with zero attached hydrogens (tertiary/aromatic N) is 1. The summed E-state index contributed by atoms with van der Waals surface area (Å²) in [6, 6.07) is 4.76. The average Bonchev–Trinajstić information content (AvgIpc) is 2.50. The summed E-state index contributed by atoms with van der Waals surface area (Å²) in [7, 11) is 0. The van der Waals surface area contributed by atoms with Crippen LogP contribution in [0.25, 0.3) is 0 Å². The van der Waals surface area contributed by atoms with Gasteiger partial charge in [-0.25, -0.2) is 0 Å². The molecule has 8 heteroatoms. The van der Waals surface area contributed by atoms with Gasteiger partial charge < -0.3 is 21.0 Å². The molecule has 0 aliphatic carbocycles. The van der Waals surface area contributed by atoms with Gasteiger partial charge in [0.25, 0.3) is 0 Å². The molecule has 4 N–H and O–H groups in total. The lowest BCUT2D eigenvalue weighted by molar-refractivity contribution is -0.126. The molecule has 6 nitrogen and oxygen atoms in total. The first-order valence-corrected chi connectivity index (χ1v) is 7.07. The van der Waals surface area contributed by atoms with E-state index in [1.807, 2.05) is 0 Å². The van der Waals surface area contributed by atoms with E-state index in [4.69, 9.17) is 38.9 Å². The lowest BCUT2D eigenvalue weighted by Gasteiger charge is -2.34. The van der Waals surface area contributed by atoms with Crippen LogP contribution in [0.4, 0.5) is 5.69 Å². The smallest absolute Gasteiger partial charge is 0.238 e. The number of ether oxygens (including phenoxy) is 1. The van der Waals surface area contributed by atoms with E-state index in [9.17, 15) is 4.79 Å². The highest BCUT2D eigenvalue weighted by atomic mass is 35.5. The van der Waals surface area contributed by atoms with Crippen molar-refractivity contribution >= 4 is 40.6 Å². The van der Waals surface area contributed by atoms with Gasteiger partial charge in [-0.1, -0.05) is 28.4 Å². The minimum atomic E-state index is -1.08. The van der Waals surface area contributed by atoms with E-state index in [1.54, 1.807) is 18.2 Å². The van der Waals surface area contributed by atoms with Gasteiger partial charge in [-0.3, -0.25) is 4.79 Å². The quantitative estimate of drug-likeness (QED) is 0.343. The molecule has 1 aromatic carbocycles. The summed E-state index contributed by atoms with van der Waals surface area (Å²) in [5.74, 6) is -0.483. The van der Waals surface area contributed by atoms with Gasteiger partial charge in [-0.05, 0) is 31.0 Å². The monoisotopic (exact) mass is 331 g/mol. The van der Waals surface area contributed by atoms with Crippen LogP contribution in [0.15, 0.2) is 23.4 Å². The number of anilines is 1. The molecule has 1 heterocycles. The van der Waals surface area contributed by atoms with Crippen molar-refractivity contribution in [3.8, 4) is 0 Å². The number of benzene rings is 1. The number of rotatable bonds is 3. The van der Waals surface area contributed by atoms with Crippen molar-refractivity contribution in [2.24, 2.45) is 16.3 Å². The Morgan fingerprint density at radius 1 is 1.33 bits per heavy atom. The standard InChI is InChI=1S/C13H15Cl2N3O3/c14-9-2-1-8(7-10(9)15)17-12(19)13(11(16)18-20)3-5-21-6-4-13/h1-2,7,20H,3-6H2,(H2,16,18)(H,17,19). The van der Waals surface area contributed by atoms with E-state index >= 15 is 0 Å². The Balaban J connectivity index is 2.24. The summed E-state index contributed by atoms with van der Waals surface area (Å²) in [4.78, 5) is 12.6. The molecule has 114 valence electrons. The Kier molecular flexibility index (Phi) is 4.92. The number of amidine groups is 1. The summed E-state index contributed by atoms with van der Waals surface area (Å²) >= 11 is 11.7. The van der Waals surface area contributed by atoms with Gasteiger partial charge >= 0.3 is 0 Å². The fourth-order valence-corrected chi connectivity index (χ4v) is 2.54. The van der Waals surface area contributed by atoms with E-state index in [1.165, 1.54) is 0 Å². The average molecular weight is 332 g/mol. The number of oxime groups is 1. The first-order valence-electron chi connectivity index (χ1n) is 6.32. The van der Waals surface area contributed by atoms with Crippen LogP contribution in [0.1, 0.15) is 12.8 Å². The van der Waals surface area contributed by atoms with E-state index in [-0.39, 0.29) is 11.7 Å². The Bertz CT molecular complexity index is 572. The van der Waals surface area contributed by atoms with E-state index < -0.39 is 5.41 Å². The van der Waals surface area contributed by atoms with Gasteiger partial charge in [0.2, 0.25) is 5.91 Å². The van der Waals surface area contributed by atoms with Gasteiger partial charge in [0.15, 0.2) is 5.84 Å². The van der Waals surface area contributed by atoms with Crippen molar-refractivity contribution in [3.05, 3.63) is 28.2 Å². The Hall–Kier alpha value is -1.50. The van der Waals surface area contributed by atoms with Crippen molar-refractivity contribution in [2.45, 2.75) is 12.8 Å². The first kappa shape index (κ1) is 15.9. The zero-order valence-electron chi connectivity index (χ0n) is 11.1. The molecule has 0 atom stereocenters. The molecule has 1 saturated heterocycles. The summed E-state index contributed by atoms with van der Waals surface area (Å²) in [5.41, 5.74) is 5.14. The van der Waals surface area contributed by atoms with Crippen LogP contribution >= 0.6 is 23.2 Å². The van der Waals surface area contributed by atoms with Crippen LogP contribution in [0.2, 0.25) is 10.0 Å². The van der Waals surface area contributed by atoms with Gasteiger partial charge in [0.1, 0.15) is 5.41 Å². The molecule has 0 aromatic heterocycles. The van der Waals surface area contributed by atoms with Crippen LogP contribution < -0.4 is 11.1 Å². The third-order valence-electron chi connectivity index (χ3n) is 3.56. The summed E-state index contributed by atoms with van der Waals surface area (Å²) in [6.07, 6.45) is 0.687. The van der Waals surface area contributed by atoms with Gasteiger partial charge in [-0.2, -0.15) is 0 Å². The molecular formula is C13H15Cl2N3O3. The SMILES string of the molecule is NC(=NO)C1(C(=O)Nc2ccc(Cl)c(Cl)c2)CCOCC1. The molecule has 1 amide bonds. The molecule has 0 bridgehead atoms. The number of carbonyl (C=O) groups excluding carboxylic acids is 1. The van der Waals surface area contributed by atoms with Crippen LogP contribution in [0.3, 0.4) is 0 Å². The number of nitrogens with two attached hydrogens (primary N) is 1. The second kappa shape index (κ2) is 6.51.